The Bertz CT molecular complexity index is 454. The van der Waals surface area contributed by atoms with Crippen LogP contribution >= 0.6 is 0 Å². The third-order valence-electron chi connectivity index (χ3n) is 4.80. The van der Waals surface area contributed by atoms with Gasteiger partial charge in [0.05, 0.1) is 19.3 Å². The molecule has 0 aliphatic heterocycles. The van der Waals surface area contributed by atoms with Crippen molar-refractivity contribution in [1.82, 2.24) is 0 Å². The average Bonchev–Trinajstić information content (AvgIpc) is 2.82. The maximum atomic E-state index is 6.35. The van der Waals surface area contributed by atoms with Crippen molar-refractivity contribution in [3.63, 3.8) is 0 Å². The van der Waals surface area contributed by atoms with Crippen molar-refractivity contribution < 1.29 is 9.47 Å². The van der Waals surface area contributed by atoms with E-state index in [0.29, 0.717) is 0 Å². The first kappa shape index (κ1) is 13.9. The van der Waals surface area contributed by atoms with Gasteiger partial charge in [0.2, 0.25) is 0 Å². The van der Waals surface area contributed by atoms with Crippen molar-refractivity contribution in [2.24, 2.45) is 11.7 Å². The summed E-state index contributed by atoms with van der Waals surface area (Å²) in [6.45, 7) is 0.878. The molecule has 0 spiro atoms. The van der Waals surface area contributed by atoms with Crippen LogP contribution in [0.3, 0.4) is 0 Å². The lowest BCUT2D eigenvalue weighted by molar-refractivity contribution is 0.0131. The fourth-order valence-corrected chi connectivity index (χ4v) is 3.52. The molecule has 0 radical (unpaired) electrons. The van der Waals surface area contributed by atoms with Crippen LogP contribution in [-0.4, -0.2) is 19.8 Å². The summed E-state index contributed by atoms with van der Waals surface area (Å²) < 4.78 is 11.4. The topological polar surface area (TPSA) is 44.5 Å². The molecule has 3 rings (SSSR count). The first-order valence-corrected chi connectivity index (χ1v) is 7.82. The standard InChI is InChI=1S/C17H25NO2/c1-19-14-8-7-13-9-16(17(18)15(13)10-14)20-11-12-5-3-2-4-6-12/h7-8,10,12,16-17H,2-6,9,11,18H2,1H3. The summed E-state index contributed by atoms with van der Waals surface area (Å²) in [7, 11) is 1.69. The van der Waals surface area contributed by atoms with Crippen LogP contribution in [0.4, 0.5) is 0 Å². The van der Waals surface area contributed by atoms with E-state index >= 15 is 0 Å². The number of nitrogens with two attached hydrogens (primary N) is 1. The Morgan fingerprint density at radius 3 is 2.75 bits per heavy atom. The van der Waals surface area contributed by atoms with Crippen LogP contribution < -0.4 is 10.5 Å². The molecule has 0 heterocycles. The predicted octanol–water partition coefficient (Wildman–Crippen LogP) is 3.22. The Hall–Kier alpha value is -1.06. The highest BCUT2D eigenvalue weighted by molar-refractivity contribution is 5.42. The van der Waals surface area contributed by atoms with Gasteiger partial charge in [-0.05, 0) is 42.0 Å². The first-order valence-electron chi connectivity index (χ1n) is 7.82. The third kappa shape index (κ3) is 2.84. The summed E-state index contributed by atoms with van der Waals surface area (Å²) in [5.41, 5.74) is 8.85. The maximum Gasteiger partial charge on any atom is 0.119 e. The monoisotopic (exact) mass is 275 g/mol. The van der Waals surface area contributed by atoms with Gasteiger partial charge in [-0.25, -0.2) is 0 Å². The molecule has 0 amide bonds. The third-order valence-corrected chi connectivity index (χ3v) is 4.80. The molecule has 1 aromatic rings. The summed E-state index contributed by atoms with van der Waals surface area (Å²) in [5, 5.41) is 0. The molecule has 2 atom stereocenters. The van der Waals surface area contributed by atoms with Crippen molar-refractivity contribution in [3.05, 3.63) is 29.3 Å². The molecule has 2 N–H and O–H groups in total. The molecular formula is C17H25NO2. The van der Waals surface area contributed by atoms with Crippen molar-refractivity contribution in [2.75, 3.05) is 13.7 Å². The Morgan fingerprint density at radius 1 is 1.20 bits per heavy atom. The van der Waals surface area contributed by atoms with Crippen LogP contribution in [0.1, 0.15) is 49.3 Å². The van der Waals surface area contributed by atoms with Crippen molar-refractivity contribution in [1.29, 1.82) is 0 Å². The van der Waals surface area contributed by atoms with Gasteiger partial charge < -0.3 is 15.2 Å². The maximum absolute atomic E-state index is 6.35. The summed E-state index contributed by atoms with van der Waals surface area (Å²) in [4.78, 5) is 0. The molecule has 3 heteroatoms. The Labute approximate surface area is 121 Å². The predicted molar refractivity (Wildman–Crippen MR) is 79.9 cm³/mol. The Balaban J connectivity index is 1.59. The number of ether oxygens (including phenoxy) is 2. The molecule has 1 fully saturated rings. The van der Waals surface area contributed by atoms with Gasteiger partial charge in [0.15, 0.2) is 0 Å². The molecule has 2 unspecified atom stereocenters. The van der Waals surface area contributed by atoms with Gasteiger partial charge in [-0.15, -0.1) is 0 Å². The zero-order valence-corrected chi connectivity index (χ0v) is 12.3. The molecule has 3 nitrogen and oxygen atoms in total. The van der Waals surface area contributed by atoms with Gasteiger partial charge in [-0.1, -0.05) is 25.3 Å². The Kier molecular flexibility index (Phi) is 4.27. The summed E-state index contributed by atoms with van der Waals surface area (Å²) in [6, 6.07) is 6.18. The van der Waals surface area contributed by atoms with E-state index in [-0.39, 0.29) is 12.1 Å². The molecule has 0 saturated heterocycles. The lowest BCUT2D eigenvalue weighted by atomic mass is 9.90. The fraction of sp³-hybridized carbons (Fsp3) is 0.647. The smallest absolute Gasteiger partial charge is 0.119 e. The number of hydrogen-bond acceptors (Lipinski definition) is 3. The van der Waals surface area contributed by atoms with E-state index in [2.05, 4.69) is 12.1 Å². The highest BCUT2D eigenvalue weighted by Gasteiger charge is 2.31. The number of fused-ring (bicyclic) bond motifs is 1. The minimum atomic E-state index is -0.0105. The quantitative estimate of drug-likeness (QED) is 0.917. The highest BCUT2D eigenvalue weighted by atomic mass is 16.5. The van der Waals surface area contributed by atoms with Gasteiger partial charge in [0.25, 0.3) is 0 Å². The zero-order valence-electron chi connectivity index (χ0n) is 12.3. The first-order chi connectivity index (χ1) is 9.78. The van der Waals surface area contributed by atoms with Crippen molar-refractivity contribution >= 4 is 0 Å². The van der Waals surface area contributed by atoms with E-state index in [1.807, 2.05) is 6.07 Å². The molecule has 2 aliphatic rings. The number of benzene rings is 1. The van der Waals surface area contributed by atoms with E-state index in [9.17, 15) is 0 Å². The number of methoxy groups -OCH3 is 1. The van der Waals surface area contributed by atoms with Crippen LogP contribution in [0.15, 0.2) is 18.2 Å². The molecule has 2 aliphatic carbocycles. The summed E-state index contributed by atoms with van der Waals surface area (Å²) in [6.07, 6.45) is 7.84. The summed E-state index contributed by atoms with van der Waals surface area (Å²) in [5.74, 6) is 1.63. The SMILES string of the molecule is COc1ccc2c(c1)C(N)C(OCC1CCCCC1)C2. The number of hydrogen-bond donors (Lipinski definition) is 1. The van der Waals surface area contributed by atoms with E-state index in [0.717, 1.165) is 24.7 Å². The van der Waals surface area contributed by atoms with E-state index < -0.39 is 0 Å². The van der Waals surface area contributed by atoms with Gasteiger partial charge in [0, 0.05) is 13.0 Å². The minimum Gasteiger partial charge on any atom is -0.497 e. The van der Waals surface area contributed by atoms with E-state index in [1.54, 1.807) is 7.11 Å². The fourth-order valence-electron chi connectivity index (χ4n) is 3.52. The lowest BCUT2D eigenvalue weighted by Crippen LogP contribution is -2.28. The second-order valence-corrected chi connectivity index (χ2v) is 6.17. The van der Waals surface area contributed by atoms with Gasteiger partial charge in [-0.3, -0.25) is 0 Å². The van der Waals surface area contributed by atoms with Crippen LogP contribution in [-0.2, 0) is 11.2 Å². The van der Waals surface area contributed by atoms with Gasteiger partial charge >= 0.3 is 0 Å². The summed E-state index contributed by atoms with van der Waals surface area (Å²) >= 11 is 0. The molecule has 20 heavy (non-hydrogen) atoms. The molecule has 0 bridgehead atoms. The second-order valence-electron chi connectivity index (χ2n) is 6.17. The van der Waals surface area contributed by atoms with E-state index in [4.69, 9.17) is 15.2 Å². The average molecular weight is 275 g/mol. The van der Waals surface area contributed by atoms with Crippen molar-refractivity contribution in [2.45, 2.75) is 50.7 Å². The lowest BCUT2D eigenvalue weighted by Gasteiger charge is -2.24. The van der Waals surface area contributed by atoms with Crippen LogP contribution in [0.25, 0.3) is 0 Å². The molecule has 1 saturated carbocycles. The molecule has 1 aromatic carbocycles. The molecule has 0 aromatic heterocycles. The van der Waals surface area contributed by atoms with Crippen molar-refractivity contribution in [3.8, 4) is 5.75 Å². The van der Waals surface area contributed by atoms with Gasteiger partial charge in [0.1, 0.15) is 5.75 Å². The molecular weight excluding hydrogens is 250 g/mol. The highest BCUT2D eigenvalue weighted by Crippen LogP contribution is 2.35. The molecule has 110 valence electrons. The largest absolute Gasteiger partial charge is 0.497 e. The zero-order chi connectivity index (χ0) is 13.9. The van der Waals surface area contributed by atoms with E-state index in [1.165, 1.54) is 43.2 Å². The normalized spacial score (nSPS) is 26.5. The van der Waals surface area contributed by atoms with Crippen LogP contribution in [0.2, 0.25) is 0 Å². The number of rotatable bonds is 4. The van der Waals surface area contributed by atoms with Gasteiger partial charge in [-0.2, -0.15) is 0 Å². The van der Waals surface area contributed by atoms with Crippen LogP contribution in [0, 0.1) is 5.92 Å². The second kappa shape index (κ2) is 6.15. The van der Waals surface area contributed by atoms with Crippen LogP contribution in [0.5, 0.6) is 5.75 Å². The Morgan fingerprint density at radius 2 is 2.00 bits per heavy atom. The minimum absolute atomic E-state index is 0.0105.